The number of ether oxygens (including phenoxy) is 2. The van der Waals surface area contributed by atoms with E-state index in [4.69, 9.17) is 13.9 Å². The molecule has 0 saturated heterocycles. The number of hydrogen-bond donors (Lipinski definition) is 0. The van der Waals surface area contributed by atoms with Crippen molar-refractivity contribution in [2.24, 2.45) is 0 Å². The van der Waals surface area contributed by atoms with Gasteiger partial charge in [-0.3, -0.25) is 9.59 Å². The molecule has 1 aliphatic rings. The number of amides is 1. The summed E-state index contributed by atoms with van der Waals surface area (Å²) < 4.78 is 17.4. The number of carbonyl (C=O) groups excluding carboxylic acids is 1. The fourth-order valence-electron chi connectivity index (χ4n) is 4.13. The van der Waals surface area contributed by atoms with Gasteiger partial charge in [-0.25, -0.2) is 0 Å². The van der Waals surface area contributed by atoms with E-state index in [-0.39, 0.29) is 17.1 Å². The highest BCUT2D eigenvalue weighted by atomic mass is 16.5. The van der Waals surface area contributed by atoms with E-state index in [2.05, 4.69) is 0 Å². The van der Waals surface area contributed by atoms with Gasteiger partial charge in [-0.1, -0.05) is 19.1 Å². The summed E-state index contributed by atoms with van der Waals surface area (Å²) in [5, 5.41) is 0.433. The van der Waals surface area contributed by atoms with Gasteiger partial charge in [0.05, 0.1) is 30.2 Å². The summed E-state index contributed by atoms with van der Waals surface area (Å²) >= 11 is 0. The average molecular weight is 451 g/mol. The Labute approximate surface area is 193 Å². The molecule has 1 atom stereocenters. The normalized spacial score (nSPS) is 15.4. The molecule has 7 heteroatoms. The van der Waals surface area contributed by atoms with Gasteiger partial charge in [0.15, 0.2) is 5.43 Å². The summed E-state index contributed by atoms with van der Waals surface area (Å²) in [5.41, 5.74) is 1.36. The largest absolute Gasteiger partial charge is 0.494 e. The Kier molecular flexibility index (Phi) is 6.70. The third kappa shape index (κ3) is 4.46. The van der Waals surface area contributed by atoms with Crippen molar-refractivity contribution in [3.05, 3.63) is 69.6 Å². The summed E-state index contributed by atoms with van der Waals surface area (Å²) in [6.07, 6.45) is 0.892. The molecule has 0 aliphatic carbocycles. The topological polar surface area (TPSA) is 72.2 Å². The van der Waals surface area contributed by atoms with Crippen molar-refractivity contribution < 1.29 is 18.7 Å². The van der Waals surface area contributed by atoms with Crippen molar-refractivity contribution in [1.82, 2.24) is 9.80 Å². The quantitative estimate of drug-likeness (QED) is 0.489. The highest BCUT2D eigenvalue weighted by Gasteiger charge is 2.42. The molecule has 2 heterocycles. The van der Waals surface area contributed by atoms with Gasteiger partial charge in [-0.2, -0.15) is 0 Å². The van der Waals surface area contributed by atoms with Crippen molar-refractivity contribution in [2.75, 3.05) is 40.4 Å². The minimum absolute atomic E-state index is 0.102. The molecule has 1 amide bonds. The standard InChI is InChI=1S/C26H30N2O5/c1-5-14-32-18-9-7-8-17(15-18)23-22-24(29)20-11-10-19(31-6-2)16-21(20)33-25(22)26(30)28(23)13-12-27(3)4/h7-11,15-16,23H,5-6,12-14H2,1-4H3. The summed E-state index contributed by atoms with van der Waals surface area (Å²) in [6, 6.07) is 12.2. The molecule has 1 unspecified atom stereocenters. The zero-order chi connectivity index (χ0) is 23.5. The lowest BCUT2D eigenvalue weighted by atomic mass is 9.98. The lowest BCUT2D eigenvalue weighted by Crippen LogP contribution is -2.35. The first kappa shape index (κ1) is 22.9. The molecule has 174 valence electrons. The van der Waals surface area contributed by atoms with Crippen molar-refractivity contribution in [3.63, 3.8) is 0 Å². The van der Waals surface area contributed by atoms with Crippen LogP contribution in [0.2, 0.25) is 0 Å². The first-order valence-corrected chi connectivity index (χ1v) is 11.4. The van der Waals surface area contributed by atoms with Crippen LogP contribution in [0, 0.1) is 0 Å². The molecule has 0 bridgehead atoms. The molecule has 0 N–H and O–H groups in total. The minimum atomic E-state index is -0.537. The van der Waals surface area contributed by atoms with Gasteiger partial charge < -0.3 is 23.7 Å². The number of fused-ring (bicyclic) bond motifs is 2. The molecule has 33 heavy (non-hydrogen) atoms. The molecule has 0 fully saturated rings. The van der Waals surface area contributed by atoms with Crippen LogP contribution in [0.3, 0.4) is 0 Å². The van der Waals surface area contributed by atoms with Gasteiger partial charge in [-0.05, 0) is 57.3 Å². The van der Waals surface area contributed by atoms with E-state index >= 15 is 0 Å². The predicted molar refractivity (Wildman–Crippen MR) is 127 cm³/mol. The van der Waals surface area contributed by atoms with Gasteiger partial charge in [0.2, 0.25) is 5.76 Å². The third-order valence-electron chi connectivity index (χ3n) is 5.68. The second kappa shape index (κ2) is 9.67. The predicted octanol–water partition coefficient (Wildman–Crippen LogP) is 4.09. The highest BCUT2D eigenvalue weighted by Crippen LogP contribution is 2.39. The maximum atomic E-state index is 13.6. The Morgan fingerprint density at radius 2 is 1.82 bits per heavy atom. The Morgan fingerprint density at radius 1 is 1.03 bits per heavy atom. The van der Waals surface area contributed by atoms with Crippen LogP contribution in [0.25, 0.3) is 11.0 Å². The monoisotopic (exact) mass is 450 g/mol. The highest BCUT2D eigenvalue weighted by molar-refractivity contribution is 5.99. The number of likely N-dealkylation sites (N-methyl/N-ethyl adjacent to an activating group) is 1. The molecule has 0 saturated carbocycles. The molecule has 4 rings (SSSR count). The van der Waals surface area contributed by atoms with Gasteiger partial charge in [0.1, 0.15) is 17.1 Å². The molecular formula is C26H30N2O5. The van der Waals surface area contributed by atoms with Crippen LogP contribution in [0.5, 0.6) is 11.5 Å². The Hall–Kier alpha value is -3.32. The molecule has 2 aromatic carbocycles. The minimum Gasteiger partial charge on any atom is -0.494 e. The number of rotatable bonds is 9. The Morgan fingerprint density at radius 3 is 2.55 bits per heavy atom. The van der Waals surface area contributed by atoms with Gasteiger partial charge in [0, 0.05) is 19.2 Å². The zero-order valence-electron chi connectivity index (χ0n) is 19.6. The number of hydrogen-bond acceptors (Lipinski definition) is 6. The van der Waals surface area contributed by atoms with Crippen LogP contribution in [-0.2, 0) is 0 Å². The average Bonchev–Trinajstić information content (AvgIpc) is 3.08. The second-order valence-corrected chi connectivity index (χ2v) is 8.39. The molecular weight excluding hydrogens is 420 g/mol. The van der Waals surface area contributed by atoms with E-state index in [1.807, 2.05) is 57.1 Å². The van der Waals surface area contributed by atoms with E-state index in [0.717, 1.165) is 12.0 Å². The van der Waals surface area contributed by atoms with Crippen LogP contribution in [0.1, 0.15) is 48.0 Å². The fraction of sp³-hybridized carbons (Fsp3) is 0.385. The zero-order valence-corrected chi connectivity index (χ0v) is 19.6. The van der Waals surface area contributed by atoms with Crippen molar-refractivity contribution in [1.29, 1.82) is 0 Å². The van der Waals surface area contributed by atoms with E-state index < -0.39 is 6.04 Å². The van der Waals surface area contributed by atoms with Crippen LogP contribution >= 0.6 is 0 Å². The molecule has 3 aromatic rings. The van der Waals surface area contributed by atoms with Crippen LogP contribution < -0.4 is 14.9 Å². The Balaban J connectivity index is 1.86. The summed E-state index contributed by atoms with van der Waals surface area (Å²) in [4.78, 5) is 30.8. The number of benzene rings is 2. The van der Waals surface area contributed by atoms with Crippen LogP contribution in [0.15, 0.2) is 51.7 Å². The lowest BCUT2D eigenvalue weighted by molar-refractivity contribution is 0.0716. The van der Waals surface area contributed by atoms with Gasteiger partial charge in [-0.15, -0.1) is 0 Å². The van der Waals surface area contributed by atoms with Crippen molar-refractivity contribution >= 4 is 16.9 Å². The second-order valence-electron chi connectivity index (χ2n) is 8.39. The van der Waals surface area contributed by atoms with Gasteiger partial charge in [0.25, 0.3) is 5.91 Å². The van der Waals surface area contributed by atoms with Gasteiger partial charge >= 0.3 is 0 Å². The van der Waals surface area contributed by atoms with Crippen LogP contribution in [-0.4, -0.2) is 56.1 Å². The molecule has 1 aliphatic heterocycles. The molecule has 0 spiro atoms. The van der Waals surface area contributed by atoms with Crippen molar-refractivity contribution in [3.8, 4) is 11.5 Å². The molecule has 0 radical (unpaired) electrons. The summed E-state index contributed by atoms with van der Waals surface area (Å²) in [6.45, 7) is 6.15. The third-order valence-corrected chi connectivity index (χ3v) is 5.68. The molecule has 7 nitrogen and oxygen atoms in total. The van der Waals surface area contributed by atoms with Crippen LogP contribution in [0.4, 0.5) is 0 Å². The maximum Gasteiger partial charge on any atom is 0.290 e. The first-order valence-electron chi connectivity index (χ1n) is 11.4. The number of nitrogens with zero attached hydrogens (tertiary/aromatic N) is 2. The fourth-order valence-corrected chi connectivity index (χ4v) is 4.13. The van der Waals surface area contributed by atoms with E-state index in [1.54, 1.807) is 23.1 Å². The summed E-state index contributed by atoms with van der Waals surface area (Å²) in [7, 11) is 3.91. The van der Waals surface area contributed by atoms with E-state index in [9.17, 15) is 9.59 Å². The lowest BCUT2D eigenvalue weighted by Gasteiger charge is -2.26. The Bertz CT molecular complexity index is 1220. The first-order chi connectivity index (χ1) is 15.9. The SMILES string of the molecule is CCCOc1cccc(C2c3c(oc4cc(OCC)ccc4c3=O)C(=O)N2CCN(C)C)c1. The van der Waals surface area contributed by atoms with E-state index in [1.165, 1.54) is 0 Å². The summed E-state index contributed by atoms with van der Waals surface area (Å²) in [5.74, 6) is 1.14. The smallest absolute Gasteiger partial charge is 0.290 e. The van der Waals surface area contributed by atoms with Crippen molar-refractivity contribution in [2.45, 2.75) is 26.3 Å². The molecule has 1 aromatic heterocycles. The van der Waals surface area contributed by atoms with E-state index in [0.29, 0.717) is 54.3 Å². The number of carbonyl (C=O) groups is 1. The maximum absolute atomic E-state index is 13.6.